The highest BCUT2D eigenvalue weighted by atomic mass is 16.2. The van der Waals surface area contributed by atoms with Crippen LogP contribution in [0.1, 0.15) is 41.7 Å². The fourth-order valence-corrected chi connectivity index (χ4v) is 4.06. The van der Waals surface area contributed by atoms with Crippen molar-refractivity contribution in [2.75, 3.05) is 20.1 Å². The van der Waals surface area contributed by atoms with Crippen molar-refractivity contribution in [3.8, 4) is 0 Å². The molecular weight excluding hydrogens is 328 g/mol. The summed E-state index contributed by atoms with van der Waals surface area (Å²) in [5.41, 5.74) is 2.34. The molecule has 7 nitrogen and oxygen atoms in total. The lowest BCUT2D eigenvalue weighted by atomic mass is 9.90. The molecule has 0 saturated carbocycles. The smallest absolute Gasteiger partial charge is 0.241 e. The molecule has 1 unspecified atom stereocenters. The molecular formula is C19H26N6O. The van der Waals surface area contributed by atoms with Gasteiger partial charge in [-0.05, 0) is 51.3 Å². The first-order valence-electron chi connectivity index (χ1n) is 9.33. The van der Waals surface area contributed by atoms with Gasteiger partial charge in [0, 0.05) is 25.0 Å². The highest BCUT2D eigenvalue weighted by Gasteiger charge is 2.35. The lowest BCUT2D eigenvalue weighted by Gasteiger charge is -2.38. The zero-order chi connectivity index (χ0) is 18.3. The first kappa shape index (κ1) is 17.1. The number of hydrogen-bond donors (Lipinski definition) is 0. The van der Waals surface area contributed by atoms with Crippen LogP contribution >= 0.6 is 0 Å². The average molecular weight is 354 g/mol. The molecule has 0 aliphatic carbocycles. The van der Waals surface area contributed by atoms with Gasteiger partial charge in [-0.25, -0.2) is 0 Å². The molecule has 138 valence electrons. The first-order valence-corrected chi connectivity index (χ1v) is 9.33. The Morgan fingerprint density at radius 3 is 2.62 bits per heavy atom. The highest BCUT2D eigenvalue weighted by molar-refractivity contribution is 5.82. The zero-order valence-electron chi connectivity index (χ0n) is 15.7. The number of piperidine rings is 1. The topological polar surface area (TPSA) is 67.2 Å². The molecule has 4 heterocycles. The molecule has 4 rings (SSSR count). The zero-order valence-corrected chi connectivity index (χ0v) is 15.7. The fourth-order valence-electron chi connectivity index (χ4n) is 4.06. The van der Waals surface area contributed by atoms with Crippen LogP contribution in [0.15, 0.2) is 18.3 Å². The molecule has 0 N–H and O–H groups in total. The SMILES string of the molecule is Cc1ccc(C2CCN(C(=O)C3Cn4c(C)nnc4CN3C)CC2)cn1. The lowest BCUT2D eigenvalue weighted by Crippen LogP contribution is -2.53. The second-order valence-electron chi connectivity index (χ2n) is 7.54. The van der Waals surface area contributed by atoms with Crippen molar-refractivity contribution in [1.29, 1.82) is 0 Å². The second-order valence-corrected chi connectivity index (χ2v) is 7.54. The number of likely N-dealkylation sites (N-methyl/N-ethyl adjacent to an activating group) is 1. The van der Waals surface area contributed by atoms with Crippen molar-refractivity contribution < 1.29 is 4.79 Å². The van der Waals surface area contributed by atoms with Crippen molar-refractivity contribution in [3.63, 3.8) is 0 Å². The number of amides is 1. The van der Waals surface area contributed by atoms with E-state index in [1.54, 1.807) is 0 Å². The molecule has 7 heteroatoms. The largest absolute Gasteiger partial charge is 0.341 e. The summed E-state index contributed by atoms with van der Waals surface area (Å²) >= 11 is 0. The Labute approximate surface area is 154 Å². The molecule has 1 atom stereocenters. The van der Waals surface area contributed by atoms with E-state index >= 15 is 0 Å². The lowest BCUT2D eigenvalue weighted by molar-refractivity contribution is -0.139. The second kappa shape index (κ2) is 6.79. The maximum absolute atomic E-state index is 13.1. The van der Waals surface area contributed by atoms with Gasteiger partial charge in [-0.1, -0.05) is 6.07 Å². The van der Waals surface area contributed by atoms with E-state index in [1.807, 2.05) is 32.0 Å². The van der Waals surface area contributed by atoms with Crippen molar-refractivity contribution in [1.82, 2.24) is 29.5 Å². The molecule has 2 aromatic heterocycles. The summed E-state index contributed by atoms with van der Waals surface area (Å²) in [6.45, 7) is 6.90. The van der Waals surface area contributed by atoms with Crippen molar-refractivity contribution in [2.24, 2.45) is 0 Å². The van der Waals surface area contributed by atoms with E-state index < -0.39 is 0 Å². The van der Waals surface area contributed by atoms with Crippen LogP contribution in [-0.4, -0.2) is 61.6 Å². The number of aryl methyl sites for hydroxylation is 2. The van der Waals surface area contributed by atoms with Crippen molar-refractivity contribution in [2.45, 2.75) is 51.7 Å². The molecule has 0 spiro atoms. The average Bonchev–Trinajstić information content (AvgIpc) is 3.01. The summed E-state index contributed by atoms with van der Waals surface area (Å²) in [7, 11) is 2.00. The van der Waals surface area contributed by atoms with Crippen LogP contribution in [0, 0.1) is 13.8 Å². The maximum atomic E-state index is 13.1. The predicted molar refractivity (Wildman–Crippen MR) is 97.5 cm³/mol. The Kier molecular flexibility index (Phi) is 4.48. The summed E-state index contributed by atoms with van der Waals surface area (Å²) in [6.07, 6.45) is 4.00. The summed E-state index contributed by atoms with van der Waals surface area (Å²) in [5.74, 6) is 2.56. The van der Waals surface area contributed by atoms with Crippen LogP contribution in [0.5, 0.6) is 0 Å². The predicted octanol–water partition coefficient (Wildman–Crippen LogP) is 1.51. The number of nitrogens with zero attached hydrogens (tertiary/aromatic N) is 6. The summed E-state index contributed by atoms with van der Waals surface area (Å²) in [6, 6.07) is 4.12. The van der Waals surface area contributed by atoms with Gasteiger partial charge in [0.05, 0.1) is 13.1 Å². The minimum atomic E-state index is -0.130. The van der Waals surface area contributed by atoms with Gasteiger partial charge in [-0.3, -0.25) is 14.7 Å². The van der Waals surface area contributed by atoms with Crippen LogP contribution in [0.2, 0.25) is 0 Å². The van der Waals surface area contributed by atoms with Crippen LogP contribution in [0.25, 0.3) is 0 Å². The van der Waals surface area contributed by atoms with Gasteiger partial charge < -0.3 is 9.47 Å². The third-order valence-corrected chi connectivity index (χ3v) is 5.79. The molecule has 26 heavy (non-hydrogen) atoms. The van der Waals surface area contributed by atoms with E-state index in [9.17, 15) is 4.79 Å². The van der Waals surface area contributed by atoms with E-state index in [0.717, 1.165) is 43.3 Å². The number of pyridine rings is 1. The third-order valence-electron chi connectivity index (χ3n) is 5.79. The quantitative estimate of drug-likeness (QED) is 0.818. The van der Waals surface area contributed by atoms with Gasteiger partial charge in [0.1, 0.15) is 17.7 Å². The first-order chi connectivity index (χ1) is 12.5. The van der Waals surface area contributed by atoms with Gasteiger partial charge in [-0.15, -0.1) is 10.2 Å². The Morgan fingerprint density at radius 1 is 1.15 bits per heavy atom. The van der Waals surface area contributed by atoms with Crippen molar-refractivity contribution >= 4 is 5.91 Å². The van der Waals surface area contributed by atoms with E-state index in [-0.39, 0.29) is 11.9 Å². The number of carbonyl (C=O) groups is 1. The molecule has 0 aromatic carbocycles. The maximum Gasteiger partial charge on any atom is 0.241 e. The molecule has 1 saturated heterocycles. The molecule has 1 amide bonds. The van der Waals surface area contributed by atoms with E-state index in [4.69, 9.17) is 0 Å². The van der Waals surface area contributed by atoms with E-state index in [1.165, 1.54) is 5.56 Å². The Hall–Kier alpha value is -2.28. The summed E-state index contributed by atoms with van der Waals surface area (Å²) in [5, 5.41) is 8.35. The van der Waals surface area contributed by atoms with Crippen LogP contribution in [0.3, 0.4) is 0 Å². The standard InChI is InChI=1S/C19H26N6O/c1-13-4-5-16(10-20-13)15-6-8-24(9-7-15)19(26)17-11-25-14(2)21-22-18(25)12-23(17)3/h4-5,10,15,17H,6-9,11-12H2,1-3H3. The third kappa shape index (κ3) is 3.11. The van der Waals surface area contributed by atoms with Gasteiger partial charge >= 0.3 is 0 Å². The number of rotatable bonds is 2. The fraction of sp³-hybridized carbons (Fsp3) is 0.579. The Bertz CT molecular complexity index is 791. The molecule has 2 aliphatic heterocycles. The number of carbonyl (C=O) groups excluding carboxylic acids is 1. The number of likely N-dealkylation sites (tertiary alicyclic amines) is 1. The molecule has 0 bridgehead atoms. The molecule has 0 radical (unpaired) electrons. The molecule has 2 aliphatic rings. The molecule has 1 fully saturated rings. The summed E-state index contributed by atoms with van der Waals surface area (Å²) < 4.78 is 2.08. The molecule has 2 aromatic rings. The Morgan fingerprint density at radius 2 is 1.92 bits per heavy atom. The van der Waals surface area contributed by atoms with Crippen molar-refractivity contribution in [3.05, 3.63) is 41.2 Å². The van der Waals surface area contributed by atoms with Gasteiger partial charge in [0.15, 0.2) is 0 Å². The number of aromatic nitrogens is 4. The van der Waals surface area contributed by atoms with Gasteiger partial charge in [0.25, 0.3) is 0 Å². The van der Waals surface area contributed by atoms with Gasteiger partial charge in [0.2, 0.25) is 5.91 Å². The van der Waals surface area contributed by atoms with Gasteiger partial charge in [-0.2, -0.15) is 0 Å². The normalized spacial score (nSPS) is 21.7. The summed E-state index contributed by atoms with van der Waals surface area (Å²) in [4.78, 5) is 21.7. The number of hydrogen-bond acceptors (Lipinski definition) is 5. The van der Waals surface area contributed by atoms with Crippen LogP contribution in [-0.2, 0) is 17.9 Å². The monoisotopic (exact) mass is 354 g/mol. The Balaban J connectivity index is 1.40. The minimum Gasteiger partial charge on any atom is -0.341 e. The van der Waals surface area contributed by atoms with E-state index in [0.29, 0.717) is 19.0 Å². The number of fused-ring (bicyclic) bond motifs is 1. The van der Waals surface area contributed by atoms with E-state index in [2.05, 4.69) is 36.8 Å². The van der Waals surface area contributed by atoms with Crippen LogP contribution < -0.4 is 0 Å². The van der Waals surface area contributed by atoms with Crippen LogP contribution in [0.4, 0.5) is 0 Å². The minimum absolute atomic E-state index is 0.130. The highest BCUT2D eigenvalue weighted by Crippen LogP contribution is 2.28.